The van der Waals surface area contributed by atoms with E-state index >= 15 is 0 Å². The first-order chi connectivity index (χ1) is 8.22. The zero-order chi connectivity index (χ0) is 12.3. The summed E-state index contributed by atoms with van der Waals surface area (Å²) < 4.78 is 7.09. The minimum Gasteiger partial charge on any atom is -0.481 e. The van der Waals surface area contributed by atoms with Gasteiger partial charge in [0.25, 0.3) is 0 Å². The Kier molecular flexibility index (Phi) is 3.22. The number of hydrogen-bond acceptors (Lipinski definition) is 5. The lowest BCUT2D eigenvalue weighted by Gasteiger charge is -2.10. The van der Waals surface area contributed by atoms with E-state index in [1.807, 2.05) is 24.7 Å². The van der Waals surface area contributed by atoms with Crippen LogP contribution in [-0.2, 0) is 13.6 Å². The van der Waals surface area contributed by atoms with Gasteiger partial charge >= 0.3 is 0 Å². The van der Waals surface area contributed by atoms with Crippen molar-refractivity contribution in [3.63, 3.8) is 0 Å². The van der Waals surface area contributed by atoms with E-state index < -0.39 is 0 Å². The van der Waals surface area contributed by atoms with Crippen LogP contribution in [-0.4, -0.2) is 26.6 Å². The Morgan fingerprint density at radius 3 is 2.82 bits per heavy atom. The number of aryl methyl sites for hydroxylation is 1. The molecule has 0 bridgehead atoms. The normalized spacial score (nSPS) is 10.3. The number of nitrogens with zero attached hydrogens (tertiary/aromatic N) is 4. The quantitative estimate of drug-likeness (QED) is 0.857. The number of nitrogens with one attached hydrogen (secondary N) is 1. The zero-order valence-corrected chi connectivity index (χ0v) is 10.1. The molecule has 0 fully saturated rings. The van der Waals surface area contributed by atoms with Crippen LogP contribution in [0.5, 0.6) is 5.88 Å². The number of anilines is 1. The fraction of sp³-hybridized carbons (Fsp3) is 0.364. The van der Waals surface area contributed by atoms with Gasteiger partial charge in [0, 0.05) is 19.4 Å². The summed E-state index contributed by atoms with van der Waals surface area (Å²) in [5.74, 6) is 2.30. The Bertz CT molecular complexity index is 508. The van der Waals surface area contributed by atoms with Gasteiger partial charge in [0.2, 0.25) is 5.88 Å². The molecule has 0 spiro atoms. The third kappa shape index (κ3) is 2.35. The number of rotatable bonds is 4. The van der Waals surface area contributed by atoms with E-state index in [1.165, 1.54) is 6.33 Å². The van der Waals surface area contributed by atoms with Crippen LogP contribution in [0.1, 0.15) is 11.4 Å². The first kappa shape index (κ1) is 11.4. The second-order valence-electron chi connectivity index (χ2n) is 3.66. The van der Waals surface area contributed by atoms with Gasteiger partial charge < -0.3 is 14.6 Å². The van der Waals surface area contributed by atoms with Crippen molar-refractivity contribution in [2.75, 3.05) is 12.4 Å². The van der Waals surface area contributed by atoms with Crippen LogP contribution in [0.3, 0.4) is 0 Å². The van der Waals surface area contributed by atoms with E-state index in [9.17, 15) is 0 Å². The zero-order valence-electron chi connectivity index (χ0n) is 10.1. The van der Waals surface area contributed by atoms with Crippen LogP contribution in [0.2, 0.25) is 0 Å². The van der Waals surface area contributed by atoms with E-state index in [1.54, 1.807) is 13.3 Å². The van der Waals surface area contributed by atoms with Crippen molar-refractivity contribution in [3.8, 4) is 5.88 Å². The average molecular weight is 233 g/mol. The lowest BCUT2D eigenvalue weighted by Crippen LogP contribution is -2.08. The SMILES string of the molecule is COc1ncnc(NCc2nccn2C)c1C. The number of ether oxygens (including phenoxy) is 1. The van der Waals surface area contributed by atoms with E-state index in [2.05, 4.69) is 20.3 Å². The maximum Gasteiger partial charge on any atom is 0.221 e. The lowest BCUT2D eigenvalue weighted by molar-refractivity contribution is 0.393. The Morgan fingerprint density at radius 1 is 1.35 bits per heavy atom. The maximum absolute atomic E-state index is 5.13. The predicted molar refractivity (Wildman–Crippen MR) is 63.9 cm³/mol. The highest BCUT2D eigenvalue weighted by atomic mass is 16.5. The van der Waals surface area contributed by atoms with Gasteiger partial charge in [0.1, 0.15) is 18.0 Å². The second-order valence-corrected chi connectivity index (χ2v) is 3.66. The molecule has 0 saturated carbocycles. The summed E-state index contributed by atoms with van der Waals surface area (Å²) in [5, 5.41) is 3.22. The van der Waals surface area contributed by atoms with Gasteiger partial charge in [-0.25, -0.2) is 15.0 Å². The molecule has 90 valence electrons. The van der Waals surface area contributed by atoms with Gasteiger partial charge in [-0.1, -0.05) is 0 Å². The Labute approximate surface area is 99.7 Å². The molecular formula is C11H15N5O. The Hall–Kier alpha value is -2.11. The highest BCUT2D eigenvalue weighted by Gasteiger charge is 2.07. The van der Waals surface area contributed by atoms with Crippen molar-refractivity contribution in [1.29, 1.82) is 0 Å². The van der Waals surface area contributed by atoms with Crippen molar-refractivity contribution < 1.29 is 4.74 Å². The summed E-state index contributed by atoms with van der Waals surface area (Å²) in [6, 6.07) is 0. The fourth-order valence-electron chi connectivity index (χ4n) is 1.55. The number of aromatic nitrogens is 4. The molecule has 0 aliphatic heterocycles. The fourth-order valence-corrected chi connectivity index (χ4v) is 1.55. The average Bonchev–Trinajstić information content (AvgIpc) is 2.74. The number of hydrogen-bond donors (Lipinski definition) is 1. The molecule has 0 unspecified atom stereocenters. The van der Waals surface area contributed by atoms with Gasteiger partial charge in [-0.2, -0.15) is 0 Å². The third-order valence-electron chi connectivity index (χ3n) is 2.57. The summed E-state index contributed by atoms with van der Waals surface area (Å²) in [7, 11) is 3.55. The molecule has 0 aliphatic carbocycles. The monoisotopic (exact) mass is 233 g/mol. The molecule has 2 aromatic rings. The van der Waals surface area contributed by atoms with Gasteiger partial charge in [-0.3, -0.25) is 0 Å². The highest BCUT2D eigenvalue weighted by molar-refractivity contribution is 5.47. The largest absolute Gasteiger partial charge is 0.481 e. The molecule has 0 saturated heterocycles. The minimum atomic E-state index is 0.586. The van der Waals surface area contributed by atoms with E-state index in [4.69, 9.17) is 4.74 Å². The van der Waals surface area contributed by atoms with E-state index in [0.717, 1.165) is 17.2 Å². The topological polar surface area (TPSA) is 64.9 Å². The molecule has 2 aromatic heterocycles. The summed E-state index contributed by atoms with van der Waals surface area (Å²) in [6.07, 6.45) is 5.15. The third-order valence-corrected chi connectivity index (χ3v) is 2.57. The molecule has 6 nitrogen and oxygen atoms in total. The van der Waals surface area contributed by atoms with Gasteiger partial charge in [0.15, 0.2) is 0 Å². The maximum atomic E-state index is 5.13. The van der Waals surface area contributed by atoms with Crippen molar-refractivity contribution in [1.82, 2.24) is 19.5 Å². The predicted octanol–water partition coefficient (Wildman–Crippen LogP) is 1.14. The lowest BCUT2D eigenvalue weighted by atomic mass is 10.3. The van der Waals surface area contributed by atoms with Crippen LogP contribution in [0.4, 0.5) is 5.82 Å². The number of methoxy groups -OCH3 is 1. The summed E-state index contributed by atoms with van der Waals surface area (Å²) >= 11 is 0. The van der Waals surface area contributed by atoms with Crippen LogP contribution in [0, 0.1) is 6.92 Å². The molecular weight excluding hydrogens is 218 g/mol. The molecule has 1 N–H and O–H groups in total. The van der Waals surface area contributed by atoms with Crippen LogP contribution in [0.15, 0.2) is 18.7 Å². The highest BCUT2D eigenvalue weighted by Crippen LogP contribution is 2.19. The first-order valence-electron chi connectivity index (χ1n) is 5.28. The van der Waals surface area contributed by atoms with Crippen LogP contribution >= 0.6 is 0 Å². The minimum absolute atomic E-state index is 0.586. The summed E-state index contributed by atoms with van der Waals surface area (Å²) in [4.78, 5) is 12.4. The van der Waals surface area contributed by atoms with Gasteiger partial charge in [-0.15, -0.1) is 0 Å². The molecule has 2 rings (SSSR count). The molecule has 0 atom stereocenters. The number of imidazole rings is 1. The van der Waals surface area contributed by atoms with E-state index in [0.29, 0.717) is 12.4 Å². The smallest absolute Gasteiger partial charge is 0.221 e. The van der Waals surface area contributed by atoms with Crippen LogP contribution < -0.4 is 10.1 Å². The second kappa shape index (κ2) is 4.82. The van der Waals surface area contributed by atoms with E-state index in [-0.39, 0.29) is 0 Å². The summed E-state index contributed by atoms with van der Waals surface area (Å²) in [6.45, 7) is 2.53. The molecule has 0 radical (unpaired) electrons. The molecule has 2 heterocycles. The molecule has 0 aromatic carbocycles. The van der Waals surface area contributed by atoms with Gasteiger partial charge in [-0.05, 0) is 6.92 Å². The Morgan fingerprint density at radius 2 is 2.18 bits per heavy atom. The molecule has 0 amide bonds. The molecule has 6 heteroatoms. The van der Waals surface area contributed by atoms with Crippen molar-refractivity contribution in [2.24, 2.45) is 7.05 Å². The standard InChI is InChI=1S/C11H15N5O/c1-8-10(14-7-15-11(8)17-3)13-6-9-12-4-5-16(9)2/h4-5,7H,6H2,1-3H3,(H,13,14,15). The van der Waals surface area contributed by atoms with Crippen molar-refractivity contribution >= 4 is 5.82 Å². The Balaban J connectivity index is 2.12. The van der Waals surface area contributed by atoms with Crippen molar-refractivity contribution in [3.05, 3.63) is 30.1 Å². The first-order valence-corrected chi connectivity index (χ1v) is 5.28. The molecule has 17 heavy (non-hydrogen) atoms. The molecule has 0 aliphatic rings. The van der Waals surface area contributed by atoms with Crippen molar-refractivity contribution in [2.45, 2.75) is 13.5 Å². The van der Waals surface area contributed by atoms with Crippen LogP contribution in [0.25, 0.3) is 0 Å². The summed E-state index contributed by atoms with van der Waals surface area (Å²) in [5.41, 5.74) is 0.893. The van der Waals surface area contributed by atoms with Gasteiger partial charge in [0.05, 0.1) is 19.2 Å².